The lowest BCUT2D eigenvalue weighted by atomic mass is 9.95. The fourth-order valence-corrected chi connectivity index (χ4v) is 5.83. The molecule has 3 heterocycles. The SMILES string of the molecule is CCOc1ccc2nc(N3C(=O)C(=O)/C(=C(/O)c4ccc5c(c4)OCCO5)[C@@H]3c3ccc(O)c(OC)c3)sc2c1. The smallest absolute Gasteiger partial charge is 0.301 e. The first-order chi connectivity index (χ1) is 19.4. The summed E-state index contributed by atoms with van der Waals surface area (Å²) in [6, 6.07) is 13.6. The van der Waals surface area contributed by atoms with Gasteiger partial charge in [-0.2, -0.15) is 0 Å². The van der Waals surface area contributed by atoms with Crippen molar-refractivity contribution < 1.29 is 38.7 Å². The lowest BCUT2D eigenvalue weighted by Crippen LogP contribution is -2.29. The minimum absolute atomic E-state index is 0.113. The van der Waals surface area contributed by atoms with E-state index in [0.717, 1.165) is 4.70 Å². The average Bonchev–Trinajstić information content (AvgIpc) is 3.50. The fraction of sp³-hybridized carbons (Fsp3) is 0.207. The number of rotatable bonds is 6. The second-order valence-electron chi connectivity index (χ2n) is 9.02. The summed E-state index contributed by atoms with van der Waals surface area (Å²) in [6.07, 6.45) is 0. The van der Waals surface area contributed by atoms with E-state index < -0.39 is 17.7 Å². The number of phenols is 1. The number of aromatic nitrogens is 1. The highest BCUT2D eigenvalue weighted by molar-refractivity contribution is 7.22. The number of phenolic OH excluding ortho intramolecular Hbond substituents is 1. The van der Waals surface area contributed by atoms with Crippen LogP contribution in [0.3, 0.4) is 0 Å². The van der Waals surface area contributed by atoms with Crippen LogP contribution in [0.2, 0.25) is 0 Å². The first-order valence-corrected chi connectivity index (χ1v) is 13.3. The van der Waals surface area contributed by atoms with Crippen molar-refractivity contribution in [1.82, 2.24) is 4.98 Å². The van der Waals surface area contributed by atoms with Crippen molar-refractivity contribution in [2.24, 2.45) is 0 Å². The average molecular weight is 561 g/mol. The minimum Gasteiger partial charge on any atom is -0.507 e. The standard InChI is InChI=1S/C29H24N2O8S/c1-3-37-17-6-7-18-23(14-17)40-29(30-18)31-25(15-4-8-19(32)21(12-15)36-2)24(27(34)28(31)35)26(33)16-5-9-20-22(13-16)39-11-10-38-20/h4-9,12-14,25,32-33H,3,10-11H2,1-2H3/b26-24+/t25-/m0/s1. The molecule has 2 aliphatic rings. The minimum atomic E-state index is -1.06. The molecule has 10 nitrogen and oxygen atoms in total. The predicted octanol–water partition coefficient (Wildman–Crippen LogP) is 4.81. The third-order valence-electron chi connectivity index (χ3n) is 6.65. The van der Waals surface area contributed by atoms with Crippen LogP contribution >= 0.6 is 11.3 Å². The Balaban J connectivity index is 1.53. The maximum absolute atomic E-state index is 13.6. The number of benzene rings is 3. The zero-order valence-electron chi connectivity index (χ0n) is 21.5. The summed E-state index contributed by atoms with van der Waals surface area (Å²) in [7, 11) is 1.40. The van der Waals surface area contributed by atoms with Gasteiger partial charge in [0.05, 0.1) is 35.5 Å². The maximum atomic E-state index is 13.6. The molecule has 0 saturated carbocycles. The van der Waals surface area contributed by atoms with Gasteiger partial charge in [0.2, 0.25) is 0 Å². The van der Waals surface area contributed by atoms with Crippen molar-refractivity contribution in [3.05, 3.63) is 71.3 Å². The Morgan fingerprint density at radius 3 is 2.65 bits per heavy atom. The predicted molar refractivity (Wildman–Crippen MR) is 148 cm³/mol. The van der Waals surface area contributed by atoms with Crippen molar-refractivity contribution in [1.29, 1.82) is 0 Å². The highest BCUT2D eigenvalue weighted by atomic mass is 32.1. The monoisotopic (exact) mass is 560 g/mol. The van der Waals surface area contributed by atoms with Gasteiger partial charge in [-0.3, -0.25) is 14.5 Å². The quantitative estimate of drug-likeness (QED) is 0.194. The number of Topliss-reactive ketones (excluding diaryl/α,β-unsaturated/α-hetero) is 1. The third kappa shape index (κ3) is 4.24. The Bertz CT molecular complexity index is 1690. The lowest BCUT2D eigenvalue weighted by Gasteiger charge is -2.24. The molecule has 11 heteroatoms. The van der Waals surface area contributed by atoms with Crippen LogP contribution in [0.1, 0.15) is 24.1 Å². The van der Waals surface area contributed by atoms with Gasteiger partial charge in [0.25, 0.3) is 5.78 Å². The van der Waals surface area contributed by atoms with Gasteiger partial charge >= 0.3 is 5.91 Å². The number of nitrogens with zero attached hydrogens (tertiary/aromatic N) is 2. The molecular formula is C29H24N2O8S. The van der Waals surface area contributed by atoms with Crippen molar-refractivity contribution >= 4 is 44.1 Å². The molecule has 40 heavy (non-hydrogen) atoms. The second kappa shape index (κ2) is 10.1. The van der Waals surface area contributed by atoms with E-state index >= 15 is 0 Å². The maximum Gasteiger partial charge on any atom is 0.301 e. The number of methoxy groups -OCH3 is 1. The number of anilines is 1. The molecule has 0 radical (unpaired) electrons. The fourth-order valence-electron chi connectivity index (χ4n) is 4.81. The van der Waals surface area contributed by atoms with E-state index in [2.05, 4.69) is 4.98 Å². The van der Waals surface area contributed by atoms with Crippen LogP contribution in [-0.2, 0) is 9.59 Å². The zero-order chi connectivity index (χ0) is 28.0. The molecule has 2 aliphatic heterocycles. The van der Waals surface area contributed by atoms with E-state index in [1.54, 1.807) is 36.4 Å². The van der Waals surface area contributed by atoms with Crippen molar-refractivity contribution in [3.8, 4) is 28.7 Å². The van der Waals surface area contributed by atoms with Gasteiger partial charge in [0.15, 0.2) is 28.1 Å². The topological polar surface area (TPSA) is 128 Å². The van der Waals surface area contributed by atoms with Crippen molar-refractivity contribution in [3.63, 3.8) is 0 Å². The van der Waals surface area contributed by atoms with Crippen LogP contribution in [0, 0.1) is 0 Å². The Morgan fingerprint density at radius 1 is 1.07 bits per heavy atom. The Morgan fingerprint density at radius 2 is 1.88 bits per heavy atom. The Kier molecular flexibility index (Phi) is 6.43. The molecule has 1 atom stereocenters. The number of ketones is 1. The number of aliphatic hydroxyl groups is 1. The number of hydrogen-bond acceptors (Lipinski definition) is 10. The van der Waals surface area contributed by atoms with Gasteiger partial charge in [-0.15, -0.1) is 0 Å². The molecule has 0 bridgehead atoms. The van der Waals surface area contributed by atoms with E-state index in [4.69, 9.17) is 18.9 Å². The number of ether oxygens (including phenoxy) is 4. The number of aromatic hydroxyl groups is 1. The van der Waals surface area contributed by atoms with Crippen LogP contribution in [0.15, 0.2) is 60.2 Å². The number of thiazole rings is 1. The molecule has 1 saturated heterocycles. The van der Waals surface area contributed by atoms with Crippen molar-refractivity contribution in [2.45, 2.75) is 13.0 Å². The number of amides is 1. The number of hydrogen-bond donors (Lipinski definition) is 2. The zero-order valence-corrected chi connectivity index (χ0v) is 22.4. The van der Waals surface area contributed by atoms with E-state index in [1.165, 1.54) is 35.5 Å². The summed E-state index contributed by atoms with van der Waals surface area (Å²) < 4.78 is 22.9. The molecule has 3 aromatic carbocycles. The molecule has 0 spiro atoms. The largest absolute Gasteiger partial charge is 0.507 e. The third-order valence-corrected chi connectivity index (χ3v) is 7.66. The van der Waals surface area contributed by atoms with E-state index in [0.29, 0.717) is 48.1 Å². The van der Waals surface area contributed by atoms with E-state index in [-0.39, 0.29) is 33.5 Å². The molecule has 1 amide bonds. The number of carbonyl (C=O) groups excluding carboxylic acids is 2. The first kappa shape index (κ1) is 25.5. The molecule has 1 fully saturated rings. The van der Waals surface area contributed by atoms with Crippen LogP contribution in [0.25, 0.3) is 16.0 Å². The molecular weight excluding hydrogens is 536 g/mol. The summed E-state index contributed by atoms with van der Waals surface area (Å²) in [4.78, 5) is 33.0. The molecule has 0 unspecified atom stereocenters. The summed E-state index contributed by atoms with van der Waals surface area (Å²) >= 11 is 1.22. The van der Waals surface area contributed by atoms with Gasteiger partial charge in [-0.05, 0) is 61.0 Å². The van der Waals surface area contributed by atoms with Gasteiger partial charge in [-0.1, -0.05) is 17.4 Å². The second-order valence-corrected chi connectivity index (χ2v) is 10.0. The summed E-state index contributed by atoms with van der Waals surface area (Å²) in [5.74, 6) is -0.474. The van der Waals surface area contributed by atoms with Gasteiger partial charge in [0.1, 0.15) is 24.7 Å². The summed E-state index contributed by atoms with van der Waals surface area (Å²) in [6.45, 7) is 3.13. The highest BCUT2D eigenvalue weighted by Crippen LogP contribution is 2.46. The normalized spacial score (nSPS) is 17.9. The molecule has 0 aliphatic carbocycles. The lowest BCUT2D eigenvalue weighted by molar-refractivity contribution is -0.132. The molecule has 4 aromatic rings. The van der Waals surface area contributed by atoms with E-state index in [1.807, 2.05) is 13.0 Å². The number of fused-ring (bicyclic) bond motifs is 2. The summed E-state index contributed by atoms with van der Waals surface area (Å²) in [5.41, 5.74) is 1.20. The van der Waals surface area contributed by atoms with Crippen LogP contribution in [-0.4, -0.2) is 53.8 Å². The molecule has 204 valence electrons. The van der Waals surface area contributed by atoms with Crippen LogP contribution in [0.4, 0.5) is 5.13 Å². The van der Waals surface area contributed by atoms with E-state index in [9.17, 15) is 19.8 Å². The number of aliphatic hydroxyl groups excluding tert-OH is 1. The van der Waals surface area contributed by atoms with Crippen molar-refractivity contribution in [2.75, 3.05) is 31.8 Å². The summed E-state index contributed by atoms with van der Waals surface area (Å²) in [5, 5.41) is 22.0. The van der Waals surface area contributed by atoms with Crippen LogP contribution in [0.5, 0.6) is 28.7 Å². The molecule has 2 N–H and O–H groups in total. The molecule has 1 aromatic heterocycles. The molecule has 6 rings (SSSR count). The highest BCUT2D eigenvalue weighted by Gasteiger charge is 2.48. The van der Waals surface area contributed by atoms with Gasteiger partial charge in [-0.25, -0.2) is 4.98 Å². The number of carbonyl (C=O) groups is 2. The van der Waals surface area contributed by atoms with Gasteiger partial charge in [0, 0.05) is 5.56 Å². The Hall–Kier alpha value is -4.77. The van der Waals surface area contributed by atoms with Crippen LogP contribution < -0.4 is 23.8 Å². The first-order valence-electron chi connectivity index (χ1n) is 12.5. The Labute approximate surface area is 232 Å². The van der Waals surface area contributed by atoms with Gasteiger partial charge < -0.3 is 29.2 Å².